The van der Waals surface area contributed by atoms with Crippen molar-refractivity contribution >= 4 is 28.7 Å². The number of amides is 1. The highest BCUT2D eigenvalue weighted by Crippen LogP contribution is 2.30. The Morgan fingerprint density at radius 1 is 0.853 bits per heavy atom. The third kappa shape index (κ3) is 5.57. The van der Waals surface area contributed by atoms with Crippen LogP contribution < -0.4 is 5.32 Å². The monoisotopic (exact) mass is 455 g/mol. The molecule has 1 aliphatic heterocycles. The van der Waals surface area contributed by atoms with Crippen molar-refractivity contribution in [3.8, 4) is 11.1 Å². The number of hydrogen-bond donors (Lipinski definition) is 1. The zero-order valence-electron chi connectivity index (χ0n) is 19.4. The highest BCUT2D eigenvalue weighted by atomic mass is 16.6. The van der Waals surface area contributed by atoms with E-state index in [1.54, 1.807) is 0 Å². The predicted octanol–water partition coefficient (Wildman–Crippen LogP) is 7.24. The van der Waals surface area contributed by atoms with Crippen molar-refractivity contribution in [1.29, 1.82) is 0 Å². The van der Waals surface area contributed by atoms with Gasteiger partial charge in [-0.2, -0.15) is 0 Å². The first-order valence-corrected chi connectivity index (χ1v) is 11.9. The molecule has 34 heavy (non-hydrogen) atoms. The number of carbonyl (C=O) groups is 1. The minimum absolute atomic E-state index is 0.0711. The maximum Gasteiger partial charge on any atom is 0.275 e. The molecule has 0 atom stereocenters. The summed E-state index contributed by atoms with van der Waals surface area (Å²) in [5, 5.41) is 13.8. The fourth-order valence-corrected chi connectivity index (χ4v) is 4.20. The summed E-state index contributed by atoms with van der Waals surface area (Å²) in [5.41, 5.74) is 5.28. The molecular formula is C28H29N3O3. The van der Waals surface area contributed by atoms with E-state index in [0.717, 1.165) is 17.5 Å². The standard InChI is InChI=1S/C28H29N3O3/c1-2-3-4-5-6-7-8-20-9-11-21(12-10-20)22-13-15-23(16-14-22)29-27-25-19-24(31(33)34)17-18-26(25)30-28(27)32/h9-19H,2-8H2,1H3,(H,29,30,32). The molecule has 1 amide bonds. The summed E-state index contributed by atoms with van der Waals surface area (Å²) in [4.78, 5) is 27.5. The van der Waals surface area contributed by atoms with E-state index >= 15 is 0 Å². The largest absolute Gasteiger partial charge is 0.320 e. The first kappa shape index (κ1) is 23.4. The minimum atomic E-state index is -0.478. The third-order valence-electron chi connectivity index (χ3n) is 6.15. The number of anilines is 1. The van der Waals surface area contributed by atoms with Gasteiger partial charge in [-0.05, 0) is 47.7 Å². The Morgan fingerprint density at radius 3 is 2.18 bits per heavy atom. The molecule has 6 heteroatoms. The van der Waals surface area contributed by atoms with Gasteiger partial charge in [0.05, 0.1) is 16.3 Å². The van der Waals surface area contributed by atoms with Crippen molar-refractivity contribution < 1.29 is 9.72 Å². The Bertz CT molecular complexity index is 1200. The van der Waals surface area contributed by atoms with Crippen molar-refractivity contribution in [3.63, 3.8) is 0 Å². The highest BCUT2D eigenvalue weighted by Gasteiger charge is 2.28. The minimum Gasteiger partial charge on any atom is -0.320 e. The number of nitro benzene ring substituents is 1. The van der Waals surface area contributed by atoms with Crippen LogP contribution in [-0.2, 0) is 11.2 Å². The van der Waals surface area contributed by atoms with Crippen LogP contribution in [0.5, 0.6) is 0 Å². The van der Waals surface area contributed by atoms with Crippen LogP contribution in [0.2, 0.25) is 0 Å². The lowest BCUT2D eigenvalue weighted by atomic mass is 10.0. The Balaban J connectivity index is 1.42. The van der Waals surface area contributed by atoms with Crippen LogP contribution in [0.3, 0.4) is 0 Å². The summed E-state index contributed by atoms with van der Waals surface area (Å²) in [6.07, 6.45) is 8.93. The third-order valence-corrected chi connectivity index (χ3v) is 6.15. The summed E-state index contributed by atoms with van der Waals surface area (Å²) in [6, 6.07) is 20.6. The van der Waals surface area contributed by atoms with Crippen LogP contribution in [0.15, 0.2) is 71.7 Å². The van der Waals surface area contributed by atoms with Gasteiger partial charge in [0.15, 0.2) is 0 Å². The van der Waals surface area contributed by atoms with E-state index in [-0.39, 0.29) is 17.3 Å². The molecule has 3 aromatic carbocycles. The number of unbranched alkanes of at least 4 members (excludes halogenated alkanes) is 5. The number of hydrogen-bond acceptors (Lipinski definition) is 4. The lowest BCUT2D eigenvalue weighted by Gasteiger charge is -2.06. The number of nitrogens with one attached hydrogen (secondary N) is 1. The fraction of sp³-hybridized carbons (Fsp3) is 0.286. The average Bonchev–Trinajstić information content (AvgIpc) is 3.16. The van der Waals surface area contributed by atoms with E-state index in [1.165, 1.54) is 62.3 Å². The number of benzene rings is 3. The number of aryl methyl sites for hydroxylation is 1. The van der Waals surface area contributed by atoms with Crippen molar-refractivity contribution in [2.24, 2.45) is 4.99 Å². The SMILES string of the molecule is CCCCCCCCc1ccc(-c2ccc(/N=C3/C(=O)Nc4ccc([N+](=O)[O-])cc43)cc2)cc1. The molecule has 174 valence electrons. The van der Waals surface area contributed by atoms with Gasteiger partial charge >= 0.3 is 0 Å². The molecule has 1 N–H and O–H groups in total. The van der Waals surface area contributed by atoms with Gasteiger partial charge < -0.3 is 5.32 Å². The lowest BCUT2D eigenvalue weighted by molar-refractivity contribution is -0.384. The molecule has 0 bridgehead atoms. The topological polar surface area (TPSA) is 84.6 Å². The fourth-order valence-electron chi connectivity index (χ4n) is 4.20. The Labute approximate surface area is 199 Å². The van der Waals surface area contributed by atoms with Crippen LogP contribution >= 0.6 is 0 Å². The first-order valence-electron chi connectivity index (χ1n) is 11.9. The van der Waals surface area contributed by atoms with Crippen LogP contribution in [-0.4, -0.2) is 16.5 Å². The van der Waals surface area contributed by atoms with E-state index < -0.39 is 4.92 Å². The van der Waals surface area contributed by atoms with Gasteiger partial charge in [0.2, 0.25) is 0 Å². The molecule has 0 aromatic heterocycles. The van der Waals surface area contributed by atoms with Gasteiger partial charge in [-0.25, -0.2) is 4.99 Å². The van der Waals surface area contributed by atoms with Crippen LogP contribution in [0, 0.1) is 10.1 Å². The summed E-state index contributed by atoms with van der Waals surface area (Å²) in [7, 11) is 0. The molecule has 0 fully saturated rings. The maximum absolute atomic E-state index is 12.4. The molecular weight excluding hydrogens is 426 g/mol. The average molecular weight is 456 g/mol. The summed E-state index contributed by atoms with van der Waals surface area (Å²) < 4.78 is 0. The number of aliphatic imine (C=N–C) groups is 1. The number of nitrogens with zero attached hydrogens (tertiary/aromatic N) is 2. The zero-order chi connectivity index (χ0) is 23.9. The van der Waals surface area contributed by atoms with E-state index in [0.29, 0.717) is 16.9 Å². The van der Waals surface area contributed by atoms with Crippen LogP contribution in [0.4, 0.5) is 17.1 Å². The zero-order valence-corrected chi connectivity index (χ0v) is 19.4. The van der Waals surface area contributed by atoms with Gasteiger partial charge in [-0.15, -0.1) is 0 Å². The molecule has 4 rings (SSSR count). The molecule has 0 saturated carbocycles. The number of carbonyl (C=O) groups excluding carboxylic acids is 1. The number of rotatable bonds is 10. The van der Waals surface area contributed by atoms with E-state index in [9.17, 15) is 14.9 Å². The highest BCUT2D eigenvalue weighted by molar-refractivity contribution is 6.54. The summed E-state index contributed by atoms with van der Waals surface area (Å²) in [6.45, 7) is 2.24. The smallest absolute Gasteiger partial charge is 0.275 e. The van der Waals surface area contributed by atoms with Crippen LogP contribution in [0.25, 0.3) is 11.1 Å². The lowest BCUT2D eigenvalue weighted by Crippen LogP contribution is -2.13. The van der Waals surface area contributed by atoms with Crippen molar-refractivity contribution in [3.05, 3.63) is 88.0 Å². The van der Waals surface area contributed by atoms with E-state index in [2.05, 4.69) is 41.5 Å². The van der Waals surface area contributed by atoms with Gasteiger partial charge in [0.1, 0.15) is 5.71 Å². The van der Waals surface area contributed by atoms with Crippen molar-refractivity contribution in [2.45, 2.75) is 51.9 Å². The van der Waals surface area contributed by atoms with Crippen molar-refractivity contribution in [1.82, 2.24) is 0 Å². The van der Waals surface area contributed by atoms with E-state index in [1.807, 2.05) is 24.3 Å². The molecule has 0 aliphatic carbocycles. The second kappa shape index (κ2) is 10.9. The molecule has 0 unspecified atom stereocenters. The normalized spacial score (nSPS) is 13.7. The first-order chi connectivity index (χ1) is 16.5. The molecule has 1 aliphatic rings. The van der Waals surface area contributed by atoms with Gasteiger partial charge in [-0.3, -0.25) is 14.9 Å². The predicted molar refractivity (Wildman–Crippen MR) is 137 cm³/mol. The van der Waals surface area contributed by atoms with Crippen LogP contribution in [0.1, 0.15) is 56.6 Å². The summed E-state index contributed by atoms with van der Waals surface area (Å²) >= 11 is 0. The van der Waals surface area contributed by atoms with Gasteiger partial charge in [0.25, 0.3) is 11.6 Å². The Morgan fingerprint density at radius 2 is 1.50 bits per heavy atom. The molecule has 0 radical (unpaired) electrons. The van der Waals surface area contributed by atoms with Crippen molar-refractivity contribution in [2.75, 3.05) is 5.32 Å². The quantitative estimate of drug-likeness (QED) is 0.199. The van der Waals surface area contributed by atoms with E-state index in [4.69, 9.17) is 0 Å². The Hall–Kier alpha value is -3.80. The molecule has 3 aromatic rings. The van der Waals surface area contributed by atoms with Gasteiger partial charge in [-0.1, -0.05) is 75.4 Å². The second-order valence-corrected chi connectivity index (χ2v) is 8.66. The number of nitro groups is 1. The number of non-ortho nitro benzene ring substituents is 1. The molecule has 6 nitrogen and oxygen atoms in total. The molecule has 0 saturated heterocycles. The van der Waals surface area contributed by atoms with Gasteiger partial charge in [0, 0.05) is 17.7 Å². The number of fused-ring (bicyclic) bond motifs is 1. The molecule has 0 spiro atoms. The second-order valence-electron chi connectivity index (χ2n) is 8.66. The maximum atomic E-state index is 12.4. The molecule has 1 heterocycles. The Kier molecular flexibility index (Phi) is 7.48. The summed E-state index contributed by atoms with van der Waals surface area (Å²) in [5.74, 6) is -0.361.